The normalized spacial score (nSPS) is 26.2. The van der Waals surface area contributed by atoms with Crippen molar-refractivity contribution in [1.29, 1.82) is 0 Å². The molecule has 0 spiro atoms. The summed E-state index contributed by atoms with van der Waals surface area (Å²) in [5.74, 6) is 0.664. The third-order valence-corrected chi connectivity index (χ3v) is 5.27. The molecule has 0 radical (unpaired) electrons. The molecule has 2 aromatic rings. The number of carbonyl (C=O) groups is 1. The number of fused-ring (bicyclic) bond motifs is 3. The van der Waals surface area contributed by atoms with Gasteiger partial charge >= 0.3 is 0 Å². The van der Waals surface area contributed by atoms with Gasteiger partial charge in [-0.2, -0.15) is 0 Å². The van der Waals surface area contributed by atoms with Crippen LogP contribution in [0.3, 0.4) is 0 Å². The van der Waals surface area contributed by atoms with Crippen molar-refractivity contribution in [3.05, 3.63) is 47.7 Å². The molecule has 3 fully saturated rings. The van der Waals surface area contributed by atoms with Crippen molar-refractivity contribution < 1.29 is 4.79 Å². The molecule has 1 amide bonds. The summed E-state index contributed by atoms with van der Waals surface area (Å²) in [4.78, 5) is 18.2. The van der Waals surface area contributed by atoms with Gasteiger partial charge in [0, 0.05) is 18.3 Å². The second-order valence-electron chi connectivity index (χ2n) is 6.87. The summed E-state index contributed by atoms with van der Waals surface area (Å²) in [5.41, 5.74) is 3.99. The van der Waals surface area contributed by atoms with Gasteiger partial charge in [-0.15, -0.1) is 0 Å². The summed E-state index contributed by atoms with van der Waals surface area (Å²) in [7, 11) is 0. The van der Waals surface area contributed by atoms with Gasteiger partial charge in [-0.3, -0.25) is 4.79 Å². The monoisotopic (exact) mass is 309 g/mol. The number of piperidine rings is 3. The van der Waals surface area contributed by atoms with Gasteiger partial charge in [-0.05, 0) is 56.5 Å². The van der Waals surface area contributed by atoms with Crippen molar-refractivity contribution in [2.24, 2.45) is 5.92 Å². The van der Waals surface area contributed by atoms with E-state index < -0.39 is 0 Å². The smallest absolute Gasteiger partial charge is 0.267 e. The molecule has 2 N–H and O–H groups in total. The Morgan fingerprint density at radius 1 is 1.13 bits per heavy atom. The van der Waals surface area contributed by atoms with Gasteiger partial charge in [0.15, 0.2) is 0 Å². The third kappa shape index (κ3) is 2.91. The Kier molecular flexibility index (Phi) is 3.69. The van der Waals surface area contributed by atoms with Gasteiger partial charge in [0.1, 0.15) is 5.69 Å². The molecule has 1 aromatic carbocycles. The molecule has 0 aliphatic carbocycles. The molecule has 4 nitrogen and oxygen atoms in total. The van der Waals surface area contributed by atoms with Crippen LogP contribution in [0.1, 0.15) is 28.9 Å². The fourth-order valence-electron chi connectivity index (χ4n) is 3.80. The van der Waals surface area contributed by atoms with Crippen LogP contribution in [0.25, 0.3) is 11.3 Å². The van der Waals surface area contributed by atoms with Gasteiger partial charge in [-0.1, -0.05) is 29.8 Å². The van der Waals surface area contributed by atoms with Crippen LogP contribution in [-0.2, 0) is 0 Å². The number of aromatic amines is 1. The standard InChI is InChI=1S/C19H23N3O/c1-13-2-4-14(5-3-13)16-6-7-17(20-16)19(23)21-18-12-22-10-8-15(18)9-11-22/h2-7,15,18,20H,8-12H2,1H3,(H,21,23). The highest BCUT2D eigenvalue weighted by Crippen LogP contribution is 2.27. The molecule has 3 saturated heterocycles. The maximum atomic E-state index is 12.5. The molecular weight excluding hydrogens is 286 g/mol. The molecule has 4 heterocycles. The van der Waals surface area contributed by atoms with Crippen LogP contribution in [-0.4, -0.2) is 41.5 Å². The van der Waals surface area contributed by atoms with E-state index in [0.717, 1.165) is 17.8 Å². The summed E-state index contributed by atoms with van der Waals surface area (Å²) in [6, 6.07) is 12.5. The highest BCUT2D eigenvalue weighted by molar-refractivity contribution is 5.93. The van der Waals surface area contributed by atoms with Crippen molar-refractivity contribution >= 4 is 5.91 Å². The van der Waals surface area contributed by atoms with Crippen molar-refractivity contribution in [1.82, 2.24) is 15.2 Å². The minimum atomic E-state index is 0.0158. The van der Waals surface area contributed by atoms with Gasteiger partial charge in [0.2, 0.25) is 0 Å². The maximum absolute atomic E-state index is 12.5. The quantitative estimate of drug-likeness (QED) is 0.916. The Morgan fingerprint density at radius 3 is 2.52 bits per heavy atom. The summed E-state index contributed by atoms with van der Waals surface area (Å²) in [5, 5.41) is 3.23. The van der Waals surface area contributed by atoms with Crippen molar-refractivity contribution in [2.45, 2.75) is 25.8 Å². The number of hydrogen-bond acceptors (Lipinski definition) is 2. The number of rotatable bonds is 3. The second-order valence-corrected chi connectivity index (χ2v) is 6.87. The fourth-order valence-corrected chi connectivity index (χ4v) is 3.80. The summed E-state index contributed by atoms with van der Waals surface area (Å²) in [6.45, 7) is 5.46. The number of aryl methyl sites for hydroxylation is 1. The number of H-pyrrole nitrogens is 1. The van der Waals surface area contributed by atoms with E-state index in [-0.39, 0.29) is 5.91 Å². The zero-order valence-corrected chi connectivity index (χ0v) is 13.5. The molecular formula is C19H23N3O. The molecule has 0 saturated carbocycles. The number of nitrogens with zero attached hydrogens (tertiary/aromatic N) is 1. The van der Waals surface area contributed by atoms with Gasteiger partial charge in [0.25, 0.3) is 5.91 Å². The molecule has 3 aliphatic rings. The lowest BCUT2D eigenvalue weighted by Gasteiger charge is -2.44. The van der Waals surface area contributed by atoms with Crippen LogP contribution in [0, 0.1) is 12.8 Å². The fraction of sp³-hybridized carbons (Fsp3) is 0.421. The Balaban J connectivity index is 1.46. The predicted octanol–water partition coefficient (Wildman–Crippen LogP) is 2.81. The lowest BCUT2D eigenvalue weighted by atomic mass is 9.84. The van der Waals surface area contributed by atoms with E-state index >= 15 is 0 Å². The second kappa shape index (κ2) is 5.85. The highest BCUT2D eigenvalue weighted by atomic mass is 16.2. The van der Waals surface area contributed by atoms with E-state index in [9.17, 15) is 4.79 Å². The summed E-state index contributed by atoms with van der Waals surface area (Å²) in [6.07, 6.45) is 2.43. The first-order valence-corrected chi connectivity index (χ1v) is 8.48. The SMILES string of the molecule is Cc1ccc(-c2ccc(C(=O)NC3CN4CCC3CC4)[nH]2)cc1. The van der Waals surface area contributed by atoms with Crippen molar-refractivity contribution in [3.63, 3.8) is 0 Å². The van der Waals surface area contributed by atoms with E-state index in [4.69, 9.17) is 0 Å². The number of nitrogens with one attached hydrogen (secondary N) is 2. The molecule has 1 aromatic heterocycles. The first-order chi connectivity index (χ1) is 11.2. The first-order valence-electron chi connectivity index (χ1n) is 8.48. The van der Waals surface area contributed by atoms with E-state index in [1.807, 2.05) is 12.1 Å². The Labute approximate surface area is 136 Å². The summed E-state index contributed by atoms with van der Waals surface area (Å²) >= 11 is 0. The van der Waals surface area contributed by atoms with Gasteiger partial charge in [0.05, 0.1) is 0 Å². The average Bonchev–Trinajstić information content (AvgIpc) is 3.07. The van der Waals surface area contributed by atoms with Gasteiger partial charge in [-0.25, -0.2) is 0 Å². The zero-order valence-electron chi connectivity index (χ0n) is 13.5. The number of aromatic nitrogens is 1. The summed E-state index contributed by atoms with van der Waals surface area (Å²) < 4.78 is 0. The predicted molar refractivity (Wildman–Crippen MR) is 91.4 cm³/mol. The molecule has 1 unspecified atom stereocenters. The van der Waals surface area contributed by atoms with Crippen LogP contribution < -0.4 is 5.32 Å². The molecule has 5 rings (SSSR count). The third-order valence-electron chi connectivity index (χ3n) is 5.27. The van der Waals surface area contributed by atoms with Crippen LogP contribution >= 0.6 is 0 Å². The molecule has 23 heavy (non-hydrogen) atoms. The van der Waals surface area contributed by atoms with Crippen LogP contribution in [0.2, 0.25) is 0 Å². The zero-order chi connectivity index (χ0) is 15.8. The first kappa shape index (κ1) is 14.5. The molecule has 3 aliphatic heterocycles. The minimum Gasteiger partial charge on any atom is -0.351 e. The van der Waals surface area contributed by atoms with Gasteiger partial charge < -0.3 is 15.2 Å². The van der Waals surface area contributed by atoms with E-state index in [0.29, 0.717) is 17.7 Å². The van der Waals surface area contributed by atoms with E-state index in [1.54, 1.807) is 0 Å². The van der Waals surface area contributed by atoms with Crippen LogP contribution in [0.4, 0.5) is 0 Å². The van der Waals surface area contributed by atoms with E-state index in [1.165, 1.54) is 31.5 Å². The van der Waals surface area contributed by atoms with Crippen molar-refractivity contribution in [2.75, 3.05) is 19.6 Å². The van der Waals surface area contributed by atoms with Crippen LogP contribution in [0.15, 0.2) is 36.4 Å². The lowest BCUT2D eigenvalue weighted by Crippen LogP contribution is -2.57. The van der Waals surface area contributed by atoms with Crippen LogP contribution in [0.5, 0.6) is 0 Å². The van der Waals surface area contributed by atoms with Crippen molar-refractivity contribution in [3.8, 4) is 11.3 Å². The number of amides is 1. The number of hydrogen-bond donors (Lipinski definition) is 2. The molecule has 2 bridgehead atoms. The molecule has 120 valence electrons. The Morgan fingerprint density at radius 2 is 1.87 bits per heavy atom. The number of carbonyl (C=O) groups excluding carboxylic acids is 1. The number of benzene rings is 1. The molecule has 4 heteroatoms. The molecule has 1 atom stereocenters. The topological polar surface area (TPSA) is 48.1 Å². The minimum absolute atomic E-state index is 0.0158. The Bertz CT molecular complexity index is 696. The average molecular weight is 309 g/mol. The maximum Gasteiger partial charge on any atom is 0.267 e. The largest absolute Gasteiger partial charge is 0.351 e. The Hall–Kier alpha value is -2.07. The highest BCUT2D eigenvalue weighted by Gasteiger charge is 2.35. The lowest BCUT2D eigenvalue weighted by molar-refractivity contribution is 0.0618. The van der Waals surface area contributed by atoms with E-state index in [2.05, 4.69) is 46.4 Å².